The molecule has 0 aromatic rings. The van der Waals surface area contributed by atoms with Gasteiger partial charge in [-0.2, -0.15) is 0 Å². The molecule has 1 aliphatic heterocycles. The quantitative estimate of drug-likeness (QED) is 0.814. The number of hydrogen-bond acceptors (Lipinski definition) is 2. The van der Waals surface area contributed by atoms with E-state index in [1.54, 1.807) is 0 Å². The standard InChI is InChI=1S/C17H34N2/c1-4-8-15-11-17(13-19(12-15)14(2)3)18-16-9-6-5-7-10-16/h14-18H,4-13H2,1-3H3. The van der Waals surface area contributed by atoms with Crippen molar-refractivity contribution in [2.24, 2.45) is 5.92 Å². The summed E-state index contributed by atoms with van der Waals surface area (Å²) in [5.41, 5.74) is 0. The Bertz CT molecular complexity index is 246. The van der Waals surface area contributed by atoms with Crippen LogP contribution in [-0.4, -0.2) is 36.1 Å². The fraction of sp³-hybridized carbons (Fsp3) is 1.00. The van der Waals surface area contributed by atoms with Crippen molar-refractivity contribution in [2.75, 3.05) is 13.1 Å². The smallest absolute Gasteiger partial charge is 0.0200 e. The fourth-order valence-electron chi connectivity index (χ4n) is 4.00. The van der Waals surface area contributed by atoms with Crippen LogP contribution in [0.15, 0.2) is 0 Å². The highest BCUT2D eigenvalue weighted by molar-refractivity contribution is 4.87. The maximum atomic E-state index is 3.99. The predicted molar refractivity (Wildman–Crippen MR) is 83.5 cm³/mol. The number of nitrogens with one attached hydrogen (secondary N) is 1. The van der Waals surface area contributed by atoms with Gasteiger partial charge >= 0.3 is 0 Å². The molecule has 1 saturated carbocycles. The SMILES string of the molecule is CCCC1CC(NC2CCCCC2)CN(C(C)C)C1. The molecule has 2 aliphatic rings. The number of hydrogen-bond donors (Lipinski definition) is 1. The first-order chi connectivity index (χ1) is 9.19. The fourth-order valence-corrected chi connectivity index (χ4v) is 4.00. The van der Waals surface area contributed by atoms with Crippen LogP contribution in [0.2, 0.25) is 0 Å². The van der Waals surface area contributed by atoms with E-state index in [-0.39, 0.29) is 0 Å². The molecule has 0 spiro atoms. The molecule has 0 bridgehead atoms. The topological polar surface area (TPSA) is 15.3 Å². The number of nitrogens with zero attached hydrogens (tertiary/aromatic N) is 1. The van der Waals surface area contributed by atoms with Gasteiger partial charge in [-0.3, -0.25) is 4.90 Å². The van der Waals surface area contributed by atoms with Crippen molar-refractivity contribution >= 4 is 0 Å². The highest BCUT2D eigenvalue weighted by atomic mass is 15.2. The normalized spacial score (nSPS) is 30.9. The van der Waals surface area contributed by atoms with Crippen LogP contribution in [0.25, 0.3) is 0 Å². The summed E-state index contributed by atoms with van der Waals surface area (Å²) >= 11 is 0. The van der Waals surface area contributed by atoms with Gasteiger partial charge in [-0.1, -0.05) is 32.6 Å². The third kappa shape index (κ3) is 4.75. The van der Waals surface area contributed by atoms with E-state index in [2.05, 4.69) is 31.0 Å². The zero-order chi connectivity index (χ0) is 13.7. The molecule has 2 rings (SSSR count). The molecule has 2 fully saturated rings. The first kappa shape index (κ1) is 15.3. The van der Waals surface area contributed by atoms with E-state index in [0.717, 1.165) is 18.0 Å². The maximum absolute atomic E-state index is 3.99. The zero-order valence-corrected chi connectivity index (χ0v) is 13.3. The van der Waals surface area contributed by atoms with Crippen LogP contribution in [-0.2, 0) is 0 Å². The van der Waals surface area contributed by atoms with Crippen molar-refractivity contribution in [1.29, 1.82) is 0 Å². The number of rotatable bonds is 5. The summed E-state index contributed by atoms with van der Waals surface area (Å²) in [6, 6.07) is 2.26. The first-order valence-corrected chi connectivity index (χ1v) is 8.69. The summed E-state index contributed by atoms with van der Waals surface area (Å²) in [5.74, 6) is 0.919. The molecule has 2 nitrogen and oxygen atoms in total. The second-order valence-corrected chi connectivity index (χ2v) is 7.14. The summed E-state index contributed by atoms with van der Waals surface area (Å²) in [6.07, 6.45) is 11.3. The zero-order valence-electron chi connectivity index (χ0n) is 13.3. The van der Waals surface area contributed by atoms with Gasteiger partial charge in [-0.15, -0.1) is 0 Å². The van der Waals surface area contributed by atoms with Crippen LogP contribution in [0.3, 0.4) is 0 Å². The first-order valence-electron chi connectivity index (χ1n) is 8.69. The van der Waals surface area contributed by atoms with Crippen molar-refractivity contribution in [1.82, 2.24) is 10.2 Å². The van der Waals surface area contributed by atoms with Crippen LogP contribution in [0.5, 0.6) is 0 Å². The summed E-state index contributed by atoms with van der Waals surface area (Å²) < 4.78 is 0. The van der Waals surface area contributed by atoms with E-state index in [1.807, 2.05) is 0 Å². The summed E-state index contributed by atoms with van der Waals surface area (Å²) in [5, 5.41) is 3.99. The Morgan fingerprint density at radius 2 is 1.79 bits per heavy atom. The molecule has 0 aromatic carbocycles. The van der Waals surface area contributed by atoms with Gasteiger partial charge in [-0.05, 0) is 45.4 Å². The van der Waals surface area contributed by atoms with Crippen LogP contribution in [0.4, 0.5) is 0 Å². The molecular formula is C17H34N2. The molecule has 19 heavy (non-hydrogen) atoms. The Morgan fingerprint density at radius 3 is 2.42 bits per heavy atom. The third-order valence-electron chi connectivity index (χ3n) is 5.07. The minimum Gasteiger partial charge on any atom is -0.310 e. The second-order valence-electron chi connectivity index (χ2n) is 7.14. The van der Waals surface area contributed by atoms with E-state index < -0.39 is 0 Å². The Balaban J connectivity index is 1.86. The van der Waals surface area contributed by atoms with Crippen LogP contribution < -0.4 is 5.32 Å². The monoisotopic (exact) mass is 266 g/mol. The van der Waals surface area contributed by atoms with Gasteiger partial charge in [0.1, 0.15) is 0 Å². The third-order valence-corrected chi connectivity index (χ3v) is 5.07. The molecule has 112 valence electrons. The Morgan fingerprint density at radius 1 is 1.05 bits per heavy atom. The molecule has 0 aromatic heterocycles. The summed E-state index contributed by atoms with van der Waals surface area (Å²) in [6.45, 7) is 9.64. The predicted octanol–water partition coefficient (Wildman–Crippen LogP) is 3.81. The largest absolute Gasteiger partial charge is 0.310 e. The number of piperidine rings is 1. The molecule has 1 saturated heterocycles. The second kappa shape index (κ2) is 7.64. The van der Waals surface area contributed by atoms with Crippen LogP contribution in [0, 0.1) is 5.92 Å². The summed E-state index contributed by atoms with van der Waals surface area (Å²) in [7, 11) is 0. The maximum Gasteiger partial charge on any atom is 0.0200 e. The highest BCUT2D eigenvalue weighted by Crippen LogP contribution is 2.25. The van der Waals surface area contributed by atoms with Gasteiger partial charge in [0.15, 0.2) is 0 Å². The molecule has 0 amide bonds. The summed E-state index contributed by atoms with van der Waals surface area (Å²) in [4.78, 5) is 2.70. The van der Waals surface area contributed by atoms with E-state index in [9.17, 15) is 0 Å². The lowest BCUT2D eigenvalue weighted by Crippen LogP contribution is -2.53. The van der Waals surface area contributed by atoms with Crippen molar-refractivity contribution in [3.05, 3.63) is 0 Å². The van der Waals surface area contributed by atoms with Gasteiger partial charge in [0.05, 0.1) is 0 Å². The number of likely N-dealkylation sites (tertiary alicyclic amines) is 1. The van der Waals surface area contributed by atoms with Gasteiger partial charge in [0.25, 0.3) is 0 Å². The lowest BCUT2D eigenvalue weighted by molar-refractivity contribution is 0.0993. The van der Waals surface area contributed by atoms with Crippen molar-refractivity contribution in [3.63, 3.8) is 0 Å². The molecule has 2 atom stereocenters. The van der Waals surface area contributed by atoms with E-state index in [1.165, 1.54) is 64.5 Å². The highest BCUT2D eigenvalue weighted by Gasteiger charge is 2.29. The molecule has 2 heteroatoms. The molecule has 1 N–H and O–H groups in total. The lowest BCUT2D eigenvalue weighted by atomic mass is 9.88. The minimum atomic E-state index is 0.704. The van der Waals surface area contributed by atoms with Gasteiger partial charge < -0.3 is 5.32 Å². The van der Waals surface area contributed by atoms with Crippen LogP contribution in [0.1, 0.15) is 72.1 Å². The van der Waals surface area contributed by atoms with Gasteiger partial charge in [-0.25, -0.2) is 0 Å². The molecule has 0 radical (unpaired) electrons. The van der Waals surface area contributed by atoms with E-state index in [0.29, 0.717) is 6.04 Å². The average molecular weight is 266 g/mol. The van der Waals surface area contributed by atoms with Crippen molar-refractivity contribution < 1.29 is 0 Å². The Labute approximate surface area is 120 Å². The molecular weight excluding hydrogens is 232 g/mol. The van der Waals surface area contributed by atoms with E-state index in [4.69, 9.17) is 0 Å². The van der Waals surface area contributed by atoms with Crippen molar-refractivity contribution in [3.8, 4) is 0 Å². The van der Waals surface area contributed by atoms with Gasteiger partial charge in [0.2, 0.25) is 0 Å². The Kier molecular flexibility index (Phi) is 6.15. The molecule has 1 heterocycles. The van der Waals surface area contributed by atoms with E-state index >= 15 is 0 Å². The van der Waals surface area contributed by atoms with Crippen molar-refractivity contribution in [2.45, 2.75) is 90.3 Å². The molecule has 1 aliphatic carbocycles. The van der Waals surface area contributed by atoms with Crippen LogP contribution >= 0.6 is 0 Å². The minimum absolute atomic E-state index is 0.704. The average Bonchev–Trinajstić information content (AvgIpc) is 2.40. The van der Waals surface area contributed by atoms with Gasteiger partial charge in [0, 0.05) is 31.2 Å². The Hall–Kier alpha value is -0.0800. The molecule has 2 unspecified atom stereocenters. The lowest BCUT2D eigenvalue weighted by Gasteiger charge is -2.42.